The first-order chi connectivity index (χ1) is 10.2. The molecule has 0 atom stereocenters. The fourth-order valence-electron chi connectivity index (χ4n) is 2.07. The molecule has 1 aromatic rings. The first-order valence-corrected chi connectivity index (χ1v) is 7.71. The van der Waals surface area contributed by atoms with E-state index in [-0.39, 0.29) is 11.8 Å². The van der Waals surface area contributed by atoms with Gasteiger partial charge in [0.25, 0.3) is 11.8 Å². The topological polar surface area (TPSA) is 96.7 Å². The lowest BCUT2D eigenvalue weighted by atomic mass is 10.3. The van der Waals surface area contributed by atoms with Crippen LogP contribution < -0.4 is 16.6 Å². The van der Waals surface area contributed by atoms with Crippen molar-refractivity contribution in [3.8, 4) is 0 Å². The number of nitrogen functional groups attached to an aromatic ring is 1. The molecule has 0 aromatic carbocycles. The first-order valence-electron chi connectivity index (χ1n) is 6.90. The maximum Gasteiger partial charge on any atom is 0.275 e. The Kier molecular flexibility index (Phi) is 6.12. The SMILES string of the molecule is NNC(=O)c1ccc(C(=O)NCCCN2CCOCC2)s1. The fraction of sp³-hybridized carbons (Fsp3) is 0.538. The Bertz CT molecular complexity index is 486. The molecule has 2 rings (SSSR count). The predicted molar refractivity (Wildman–Crippen MR) is 80.2 cm³/mol. The van der Waals surface area contributed by atoms with Crippen LogP contribution >= 0.6 is 11.3 Å². The van der Waals surface area contributed by atoms with E-state index in [2.05, 4.69) is 10.2 Å². The molecule has 116 valence electrons. The molecule has 0 aliphatic carbocycles. The van der Waals surface area contributed by atoms with E-state index in [0.717, 1.165) is 50.6 Å². The van der Waals surface area contributed by atoms with E-state index in [1.165, 1.54) is 0 Å². The third kappa shape index (κ3) is 4.78. The number of hydrogen-bond donors (Lipinski definition) is 3. The molecule has 4 N–H and O–H groups in total. The van der Waals surface area contributed by atoms with Crippen molar-refractivity contribution in [3.63, 3.8) is 0 Å². The number of amides is 2. The van der Waals surface area contributed by atoms with Gasteiger partial charge in [0.1, 0.15) is 0 Å². The van der Waals surface area contributed by atoms with Crippen LogP contribution in [-0.2, 0) is 4.74 Å². The number of morpholine rings is 1. The lowest BCUT2D eigenvalue weighted by Gasteiger charge is -2.26. The van der Waals surface area contributed by atoms with E-state index in [0.29, 0.717) is 16.3 Å². The number of ether oxygens (including phenoxy) is 1. The Morgan fingerprint density at radius 2 is 1.90 bits per heavy atom. The van der Waals surface area contributed by atoms with Crippen molar-refractivity contribution in [2.45, 2.75) is 6.42 Å². The Balaban J connectivity index is 1.69. The van der Waals surface area contributed by atoms with Crippen LogP contribution in [-0.4, -0.2) is 56.1 Å². The van der Waals surface area contributed by atoms with E-state index in [1.807, 2.05) is 5.43 Å². The second kappa shape index (κ2) is 8.08. The highest BCUT2D eigenvalue weighted by Crippen LogP contribution is 2.15. The summed E-state index contributed by atoms with van der Waals surface area (Å²) in [7, 11) is 0. The molecule has 7 nitrogen and oxygen atoms in total. The minimum atomic E-state index is -0.383. The molecule has 1 aromatic heterocycles. The van der Waals surface area contributed by atoms with Gasteiger partial charge in [-0.3, -0.25) is 19.9 Å². The molecule has 1 aliphatic heterocycles. The van der Waals surface area contributed by atoms with Crippen LogP contribution in [0, 0.1) is 0 Å². The summed E-state index contributed by atoms with van der Waals surface area (Å²) in [6, 6.07) is 3.22. The van der Waals surface area contributed by atoms with Crippen LogP contribution in [0.15, 0.2) is 12.1 Å². The molecular formula is C13H20N4O3S. The molecule has 2 amide bonds. The van der Waals surface area contributed by atoms with Gasteiger partial charge < -0.3 is 10.1 Å². The van der Waals surface area contributed by atoms with E-state index in [9.17, 15) is 9.59 Å². The molecular weight excluding hydrogens is 292 g/mol. The Labute approximate surface area is 127 Å². The molecule has 21 heavy (non-hydrogen) atoms. The van der Waals surface area contributed by atoms with Crippen molar-refractivity contribution in [3.05, 3.63) is 21.9 Å². The summed E-state index contributed by atoms with van der Waals surface area (Å²) >= 11 is 1.13. The number of carbonyl (C=O) groups excluding carboxylic acids is 2. The molecule has 8 heteroatoms. The summed E-state index contributed by atoms with van der Waals surface area (Å²) < 4.78 is 5.28. The maximum absolute atomic E-state index is 11.9. The number of rotatable bonds is 6. The maximum atomic E-state index is 11.9. The highest BCUT2D eigenvalue weighted by Gasteiger charge is 2.13. The van der Waals surface area contributed by atoms with Gasteiger partial charge in [0, 0.05) is 19.6 Å². The summed E-state index contributed by atoms with van der Waals surface area (Å²) in [5.74, 6) is 4.51. The Morgan fingerprint density at radius 1 is 1.24 bits per heavy atom. The zero-order valence-corrected chi connectivity index (χ0v) is 12.6. The third-order valence-electron chi connectivity index (χ3n) is 3.23. The lowest BCUT2D eigenvalue weighted by molar-refractivity contribution is 0.0374. The van der Waals surface area contributed by atoms with Crippen LogP contribution in [0.2, 0.25) is 0 Å². The summed E-state index contributed by atoms with van der Waals surface area (Å²) in [4.78, 5) is 26.5. The highest BCUT2D eigenvalue weighted by molar-refractivity contribution is 7.15. The Morgan fingerprint density at radius 3 is 2.57 bits per heavy atom. The number of thiophene rings is 1. The van der Waals surface area contributed by atoms with E-state index in [4.69, 9.17) is 10.6 Å². The van der Waals surface area contributed by atoms with E-state index >= 15 is 0 Å². The minimum Gasteiger partial charge on any atom is -0.379 e. The fourth-order valence-corrected chi connectivity index (χ4v) is 2.90. The quantitative estimate of drug-likeness (QED) is 0.293. The van der Waals surface area contributed by atoms with Crippen LogP contribution in [0.5, 0.6) is 0 Å². The molecule has 1 aliphatic rings. The van der Waals surface area contributed by atoms with Crippen molar-refractivity contribution in [2.75, 3.05) is 39.4 Å². The number of carbonyl (C=O) groups is 2. The van der Waals surface area contributed by atoms with Gasteiger partial charge in [0.2, 0.25) is 0 Å². The largest absolute Gasteiger partial charge is 0.379 e. The van der Waals surface area contributed by atoms with Crippen LogP contribution in [0.4, 0.5) is 0 Å². The van der Waals surface area contributed by atoms with E-state index < -0.39 is 0 Å². The Hall–Kier alpha value is -1.48. The van der Waals surface area contributed by atoms with Gasteiger partial charge in [-0.2, -0.15) is 0 Å². The van der Waals surface area contributed by atoms with Crippen molar-refractivity contribution < 1.29 is 14.3 Å². The molecule has 1 fully saturated rings. The molecule has 0 unspecified atom stereocenters. The standard InChI is InChI=1S/C13H20N4O3S/c14-16-13(19)11-3-2-10(21-11)12(18)15-4-1-5-17-6-8-20-9-7-17/h2-3H,1,4-9,14H2,(H,15,18)(H,16,19). The predicted octanol–water partition coefficient (Wildman–Crippen LogP) is -0.196. The smallest absolute Gasteiger partial charge is 0.275 e. The summed E-state index contributed by atoms with van der Waals surface area (Å²) in [6.07, 6.45) is 0.896. The van der Waals surface area contributed by atoms with Crippen LogP contribution in [0.1, 0.15) is 25.8 Å². The second-order valence-corrected chi connectivity index (χ2v) is 5.78. The highest BCUT2D eigenvalue weighted by atomic mass is 32.1. The third-order valence-corrected chi connectivity index (χ3v) is 4.31. The molecule has 2 heterocycles. The van der Waals surface area contributed by atoms with Crippen molar-refractivity contribution in [1.82, 2.24) is 15.6 Å². The van der Waals surface area contributed by atoms with Gasteiger partial charge in [0.15, 0.2) is 0 Å². The normalized spacial score (nSPS) is 15.7. The van der Waals surface area contributed by atoms with Crippen molar-refractivity contribution in [1.29, 1.82) is 0 Å². The van der Waals surface area contributed by atoms with Crippen molar-refractivity contribution in [2.24, 2.45) is 5.84 Å². The molecule has 0 radical (unpaired) electrons. The summed E-state index contributed by atoms with van der Waals surface area (Å²) in [6.45, 7) is 5.05. The minimum absolute atomic E-state index is 0.155. The van der Waals surface area contributed by atoms with Gasteiger partial charge in [-0.15, -0.1) is 11.3 Å². The second-order valence-electron chi connectivity index (χ2n) is 4.70. The number of nitrogens with one attached hydrogen (secondary N) is 2. The molecule has 1 saturated heterocycles. The molecule has 0 spiro atoms. The van der Waals surface area contributed by atoms with Gasteiger partial charge in [-0.25, -0.2) is 5.84 Å². The number of hydrogen-bond acceptors (Lipinski definition) is 6. The van der Waals surface area contributed by atoms with Gasteiger partial charge in [0.05, 0.1) is 23.0 Å². The van der Waals surface area contributed by atoms with Gasteiger partial charge >= 0.3 is 0 Å². The van der Waals surface area contributed by atoms with Gasteiger partial charge in [-0.1, -0.05) is 0 Å². The summed E-state index contributed by atoms with van der Waals surface area (Å²) in [5.41, 5.74) is 2.05. The number of nitrogens with zero attached hydrogens (tertiary/aromatic N) is 1. The molecule has 0 bridgehead atoms. The first kappa shape index (κ1) is 15.9. The summed E-state index contributed by atoms with van der Waals surface area (Å²) in [5, 5.41) is 2.86. The average Bonchev–Trinajstić information content (AvgIpc) is 3.01. The van der Waals surface area contributed by atoms with Crippen LogP contribution in [0.25, 0.3) is 0 Å². The monoisotopic (exact) mass is 312 g/mol. The lowest BCUT2D eigenvalue weighted by Crippen LogP contribution is -2.38. The van der Waals surface area contributed by atoms with Gasteiger partial charge in [-0.05, 0) is 25.1 Å². The van der Waals surface area contributed by atoms with Crippen LogP contribution in [0.3, 0.4) is 0 Å². The van der Waals surface area contributed by atoms with Crippen molar-refractivity contribution >= 4 is 23.2 Å². The van der Waals surface area contributed by atoms with E-state index in [1.54, 1.807) is 12.1 Å². The number of nitrogens with two attached hydrogens (primary N) is 1. The number of hydrazine groups is 1. The zero-order valence-electron chi connectivity index (χ0n) is 11.8. The zero-order chi connectivity index (χ0) is 15.1. The average molecular weight is 312 g/mol. The molecule has 0 saturated carbocycles.